The van der Waals surface area contributed by atoms with Crippen molar-refractivity contribution < 1.29 is 0 Å². The first-order valence-corrected chi connectivity index (χ1v) is 6.55. The van der Waals surface area contributed by atoms with Crippen LogP contribution in [0.3, 0.4) is 0 Å². The molecule has 1 heterocycles. The number of hydrogen-bond acceptors (Lipinski definition) is 2. The summed E-state index contributed by atoms with van der Waals surface area (Å²) in [4.78, 5) is 1.42. The van der Waals surface area contributed by atoms with Crippen LogP contribution in [0.1, 0.15) is 4.88 Å². The maximum Gasteiger partial charge on any atom is 0.0420 e. The monoisotopic (exact) mass is 228 g/mol. The van der Waals surface area contributed by atoms with E-state index in [1.54, 1.807) is 0 Å². The standard InChI is InChI=1S/C10H9ClS2/c1-12-6-9-4-7-2-3-8(11)5-10(7)13-9/h2-5H,6H2,1H3. The predicted molar refractivity (Wildman–Crippen MR) is 64.1 cm³/mol. The number of halogens is 1. The smallest absolute Gasteiger partial charge is 0.0420 e. The lowest BCUT2D eigenvalue weighted by Crippen LogP contribution is -1.66. The van der Waals surface area contributed by atoms with Crippen molar-refractivity contribution in [1.82, 2.24) is 0 Å². The summed E-state index contributed by atoms with van der Waals surface area (Å²) in [5.74, 6) is 1.09. The largest absolute Gasteiger partial charge is 0.160 e. The van der Waals surface area contributed by atoms with E-state index in [2.05, 4.69) is 18.4 Å². The van der Waals surface area contributed by atoms with Crippen molar-refractivity contribution in [2.45, 2.75) is 5.75 Å². The summed E-state index contributed by atoms with van der Waals surface area (Å²) in [6.07, 6.45) is 2.12. The topological polar surface area (TPSA) is 0 Å². The number of hydrogen-bond donors (Lipinski definition) is 0. The van der Waals surface area contributed by atoms with E-state index in [1.807, 2.05) is 35.2 Å². The predicted octanol–water partition coefficient (Wildman–Crippen LogP) is 4.42. The van der Waals surface area contributed by atoms with E-state index in [4.69, 9.17) is 11.6 Å². The highest BCUT2D eigenvalue weighted by molar-refractivity contribution is 7.97. The molecule has 0 aliphatic heterocycles. The van der Waals surface area contributed by atoms with Crippen molar-refractivity contribution in [3.8, 4) is 0 Å². The molecule has 0 nitrogen and oxygen atoms in total. The minimum Gasteiger partial charge on any atom is -0.160 e. The van der Waals surface area contributed by atoms with Crippen LogP contribution in [0.4, 0.5) is 0 Å². The van der Waals surface area contributed by atoms with E-state index >= 15 is 0 Å². The maximum atomic E-state index is 5.91. The summed E-state index contributed by atoms with van der Waals surface area (Å²) in [5, 5.41) is 2.13. The number of thiophene rings is 1. The Kier molecular flexibility index (Phi) is 2.82. The van der Waals surface area contributed by atoms with Gasteiger partial charge in [0.15, 0.2) is 0 Å². The van der Waals surface area contributed by atoms with Gasteiger partial charge < -0.3 is 0 Å². The maximum absolute atomic E-state index is 5.91. The van der Waals surface area contributed by atoms with Crippen LogP contribution in [-0.4, -0.2) is 6.26 Å². The van der Waals surface area contributed by atoms with Gasteiger partial charge in [-0.15, -0.1) is 11.3 Å². The van der Waals surface area contributed by atoms with Crippen LogP contribution >= 0.6 is 34.7 Å². The highest BCUT2D eigenvalue weighted by Crippen LogP contribution is 2.29. The molecule has 0 amide bonds. The Morgan fingerprint density at radius 1 is 1.38 bits per heavy atom. The van der Waals surface area contributed by atoms with Crippen LogP contribution in [0.5, 0.6) is 0 Å². The van der Waals surface area contributed by atoms with Crippen molar-refractivity contribution in [2.75, 3.05) is 6.26 Å². The molecule has 0 bridgehead atoms. The molecule has 0 fully saturated rings. The zero-order valence-electron chi connectivity index (χ0n) is 7.21. The Labute approximate surface area is 90.9 Å². The highest BCUT2D eigenvalue weighted by atomic mass is 35.5. The summed E-state index contributed by atoms with van der Waals surface area (Å²) in [7, 11) is 0. The molecule has 2 rings (SSSR count). The normalized spacial score (nSPS) is 10.9. The molecule has 0 saturated carbocycles. The van der Waals surface area contributed by atoms with Crippen molar-refractivity contribution in [2.24, 2.45) is 0 Å². The van der Waals surface area contributed by atoms with Gasteiger partial charge in [-0.25, -0.2) is 0 Å². The van der Waals surface area contributed by atoms with Crippen LogP contribution < -0.4 is 0 Å². The van der Waals surface area contributed by atoms with Crippen LogP contribution in [-0.2, 0) is 5.75 Å². The van der Waals surface area contributed by atoms with Crippen LogP contribution in [0.15, 0.2) is 24.3 Å². The first-order chi connectivity index (χ1) is 6.29. The Hall–Kier alpha value is -0.180. The van der Waals surface area contributed by atoms with E-state index in [-0.39, 0.29) is 0 Å². The first-order valence-electron chi connectivity index (χ1n) is 3.96. The average Bonchev–Trinajstić information content (AvgIpc) is 2.46. The third-order valence-electron chi connectivity index (χ3n) is 1.82. The molecular weight excluding hydrogens is 220 g/mol. The quantitative estimate of drug-likeness (QED) is 0.734. The van der Waals surface area contributed by atoms with E-state index in [0.29, 0.717) is 0 Å². The molecule has 0 N–H and O–H groups in total. The molecule has 3 heteroatoms. The van der Waals surface area contributed by atoms with E-state index < -0.39 is 0 Å². The SMILES string of the molecule is CSCc1cc2ccc(Cl)cc2s1. The van der Waals surface area contributed by atoms with Gasteiger partial charge in [-0.1, -0.05) is 17.7 Å². The fraction of sp³-hybridized carbons (Fsp3) is 0.200. The lowest BCUT2D eigenvalue weighted by molar-refractivity contribution is 1.56. The number of rotatable bonds is 2. The molecule has 0 atom stereocenters. The van der Waals surface area contributed by atoms with Crippen molar-refractivity contribution in [1.29, 1.82) is 0 Å². The Balaban J connectivity index is 2.49. The van der Waals surface area contributed by atoms with Crippen LogP contribution in [0, 0.1) is 0 Å². The summed E-state index contributed by atoms with van der Waals surface area (Å²) >= 11 is 9.59. The third-order valence-corrected chi connectivity index (χ3v) is 3.94. The molecular formula is C10H9ClS2. The van der Waals surface area contributed by atoms with E-state index in [1.165, 1.54) is 15.0 Å². The summed E-state index contributed by atoms with van der Waals surface area (Å²) in [6.45, 7) is 0. The van der Waals surface area contributed by atoms with Crippen molar-refractivity contribution in [3.05, 3.63) is 34.2 Å². The molecule has 13 heavy (non-hydrogen) atoms. The minimum atomic E-state index is 0.824. The molecule has 1 aromatic carbocycles. The third kappa shape index (κ3) is 2.01. The van der Waals surface area contributed by atoms with Gasteiger partial charge in [0, 0.05) is 20.4 Å². The van der Waals surface area contributed by atoms with E-state index in [0.717, 1.165) is 10.8 Å². The highest BCUT2D eigenvalue weighted by Gasteiger charge is 2.01. The summed E-state index contributed by atoms with van der Waals surface area (Å²) in [5.41, 5.74) is 0. The molecule has 0 radical (unpaired) electrons. The van der Waals surface area contributed by atoms with Gasteiger partial charge in [0.05, 0.1) is 0 Å². The second-order valence-corrected chi connectivity index (χ2v) is 5.30. The Bertz CT molecular complexity index is 420. The lowest BCUT2D eigenvalue weighted by atomic mass is 10.2. The number of fused-ring (bicyclic) bond motifs is 1. The summed E-state index contributed by atoms with van der Waals surface area (Å²) in [6, 6.07) is 8.30. The van der Waals surface area contributed by atoms with Gasteiger partial charge in [-0.3, -0.25) is 0 Å². The molecule has 0 unspecified atom stereocenters. The van der Waals surface area contributed by atoms with Gasteiger partial charge in [-0.05, 0) is 29.8 Å². The van der Waals surface area contributed by atoms with Gasteiger partial charge in [-0.2, -0.15) is 11.8 Å². The molecule has 0 saturated heterocycles. The van der Waals surface area contributed by atoms with Crippen molar-refractivity contribution >= 4 is 44.8 Å². The van der Waals surface area contributed by atoms with Gasteiger partial charge in [0.1, 0.15) is 0 Å². The molecule has 2 aromatic rings. The molecule has 0 aliphatic rings. The second kappa shape index (κ2) is 3.91. The lowest BCUT2D eigenvalue weighted by Gasteiger charge is -1.88. The second-order valence-electron chi connectivity index (χ2n) is 2.83. The van der Waals surface area contributed by atoms with Crippen LogP contribution in [0.2, 0.25) is 5.02 Å². The average molecular weight is 229 g/mol. The van der Waals surface area contributed by atoms with Crippen molar-refractivity contribution in [3.63, 3.8) is 0 Å². The fourth-order valence-electron chi connectivity index (χ4n) is 1.27. The number of benzene rings is 1. The van der Waals surface area contributed by atoms with Crippen LogP contribution in [0.25, 0.3) is 10.1 Å². The molecule has 0 spiro atoms. The van der Waals surface area contributed by atoms with Gasteiger partial charge >= 0.3 is 0 Å². The first kappa shape index (κ1) is 9.38. The minimum absolute atomic E-state index is 0.824. The molecule has 68 valence electrons. The summed E-state index contributed by atoms with van der Waals surface area (Å²) < 4.78 is 1.29. The Morgan fingerprint density at radius 3 is 3.00 bits per heavy atom. The zero-order chi connectivity index (χ0) is 9.26. The van der Waals surface area contributed by atoms with Gasteiger partial charge in [0.2, 0.25) is 0 Å². The fourth-order valence-corrected chi connectivity index (χ4v) is 3.37. The Morgan fingerprint density at radius 2 is 2.23 bits per heavy atom. The zero-order valence-corrected chi connectivity index (χ0v) is 9.60. The number of thioether (sulfide) groups is 1. The molecule has 1 aromatic heterocycles. The van der Waals surface area contributed by atoms with Gasteiger partial charge in [0.25, 0.3) is 0 Å². The van der Waals surface area contributed by atoms with E-state index in [9.17, 15) is 0 Å². The molecule has 0 aliphatic carbocycles.